The lowest BCUT2D eigenvalue weighted by Crippen LogP contribution is -2.07. The Morgan fingerprint density at radius 3 is 2.23 bits per heavy atom. The largest absolute Gasteiger partial charge is 0.417 e. The number of hydrogen-bond donors (Lipinski definition) is 0. The molecule has 0 aliphatic heterocycles. The van der Waals surface area contributed by atoms with Crippen molar-refractivity contribution < 1.29 is 17.6 Å². The Bertz CT molecular complexity index is 330. The quantitative estimate of drug-likeness (QED) is 0.618. The number of benzene rings is 1. The average Bonchev–Trinajstić information content (AvgIpc) is 1.98. The van der Waals surface area contributed by atoms with E-state index in [4.69, 9.17) is 0 Å². The van der Waals surface area contributed by atoms with Crippen LogP contribution in [0.1, 0.15) is 11.1 Å². The zero-order valence-corrected chi connectivity index (χ0v) is 8.13. The van der Waals surface area contributed by atoms with E-state index in [1.165, 1.54) is 6.92 Å². The maximum atomic E-state index is 13.0. The van der Waals surface area contributed by atoms with Crippen LogP contribution in [0.4, 0.5) is 17.6 Å². The minimum Gasteiger partial charge on any atom is -0.205 e. The molecule has 0 N–H and O–H groups in total. The van der Waals surface area contributed by atoms with E-state index >= 15 is 0 Å². The molecule has 0 radical (unpaired) electrons. The number of hydrogen-bond acceptors (Lipinski definition) is 0. The first kappa shape index (κ1) is 10.5. The summed E-state index contributed by atoms with van der Waals surface area (Å²) in [6.45, 7) is 1.40. The molecule has 0 atom stereocenters. The lowest BCUT2D eigenvalue weighted by atomic mass is 10.1. The minimum atomic E-state index is -4.52. The molecule has 13 heavy (non-hydrogen) atoms. The molecule has 72 valence electrons. The van der Waals surface area contributed by atoms with Gasteiger partial charge in [0.25, 0.3) is 0 Å². The number of rotatable bonds is 0. The second kappa shape index (κ2) is 3.29. The van der Waals surface area contributed by atoms with Gasteiger partial charge in [0.05, 0.1) is 10.0 Å². The Balaban J connectivity index is 3.35. The zero-order chi connectivity index (χ0) is 10.2. The summed E-state index contributed by atoms with van der Waals surface area (Å²) in [5.74, 6) is -0.866. The van der Waals surface area contributed by atoms with E-state index in [-0.39, 0.29) is 5.56 Å². The smallest absolute Gasteiger partial charge is 0.205 e. The Labute approximate surface area is 80.7 Å². The molecule has 0 nitrogen and oxygen atoms in total. The Hall–Kier alpha value is -0.580. The Morgan fingerprint density at radius 2 is 1.77 bits per heavy atom. The van der Waals surface area contributed by atoms with Crippen molar-refractivity contribution >= 4 is 15.9 Å². The van der Waals surface area contributed by atoms with E-state index in [1.54, 1.807) is 0 Å². The van der Waals surface area contributed by atoms with Crippen molar-refractivity contribution in [2.24, 2.45) is 0 Å². The summed E-state index contributed by atoms with van der Waals surface area (Å²) in [7, 11) is 0. The maximum Gasteiger partial charge on any atom is 0.417 e. The highest BCUT2D eigenvalue weighted by molar-refractivity contribution is 9.10. The molecule has 0 fully saturated rings. The van der Waals surface area contributed by atoms with E-state index in [0.29, 0.717) is 0 Å². The van der Waals surface area contributed by atoms with Gasteiger partial charge in [-0.2, -0.15) is 13.2 Å². The summed E-state index contributed by atoms with van der Waals surface area (Å²) in [6.07, 6.45) is -4.52. The van der Waals surface area contributed by atoms with Crippen molar-refractivity contribution in [2.45, 2.75) is 13.1 Å². The fourth-order valence-electron chi connectivity index (χ4n) is 0.865. The highest BCUT2D eigenvalue weighted by atomic mass is 79.9. The van der Waals surface area contributed by atoms with Gasteiger partial charge in [0.1, 0.15) is 5.82 Å². The molecule has 0 heterocycles. The highest BCUT2D eigenvalue weighted by Crippen LogP contribution is 2.36. The van der Waals surface area contributed by atoms with Crippen LogP contribution >= 0.6 is 15.9 Å². The molecule has 0 aromatic heterocycles. The number of aryl methyl sites for hydroxylation is 1. The highest BCUT2D eigenvalue weighted by Gasteiger charge is 2.34. The van der Waals surface area contributed by atoms with Crippen LogP contribution in [0.3, 0.4) is 0 Å². The van der Waals surface area contributed by atoms with Crippen molar-refractivity contribution in [1.29, 1.82) is 0 Å². The molecular formula is C8H5BrF4. The van der Waals surface area contributed by atoms with Crippen LogP contribution in [-0.2, 0) is 6.18 Å². The Kier molecular flexibility index (Phi) is 2.66. The minimum absolute atomic E-state index is 0.180. The molecule has 0 bridgehead atoms. The van der Waals surface area contributed by atoms with E-state index in [1.807, 2.05) is 0 Å². The molecule has 0 aliphatic rings. The van der Waals surface area contributed by atoms with Gasteiger partial charge in [-0.05, 0) is 34.5 Å². The van der Waals surface area contributed by atoms with Gasteiger partial charge in [-0.3, -0.25) is 0 Å². The summed E-state index contributed by atoms with van der Waals surface area (Å²) < 4.78 is 48.9. The molecule has 0 unspecified atom stereocenters. The van der Waals surface area contributed by atoms with Gasteiger partial charge >= 0.3 is 6.18 Å². The monoisotopic (exact) mass is 256 g/mol. The van der Waals surface area contributed by atoms with Gasteiger partial charge in [0.15, 0.2) is 0 Å². The van der Waals surface area contributed by atoms with Crippen molar-refractivity contribution in [1.82, 2.24) is 0 Å². The van der Waals surface area contributed by atoms with Crippen molar-refractivity contribution in [3.8, 4) is 0 Å². The van der Waals surface area contributed by atoms with E-state index in [2.05, 4.69) is 15.9 Å². The normalized spacial score (nSPS) is 11.8. The molecule has 0 saturated heterocycles. The fraction of sp³-hybridized carbons (Fsp3) is 0.250. The van der Waals surface area contributed by atoms with Crippen LogP contribution in [0.25, 0.3) is 0 Å². The molecule has 0 saturated carbocycles. The van der Waals surface area contributed by atoms with Crippen LogP contribution in [0.2, 0.25) is 0 Å². The van der Waals surface area contributed by atoms with Gasteiger partial charge in [0.2, 0.25) is 0 Å². The van der Waals surface area contributed by atoms with Crippen LogP contribution in [0.5, 0.6) is 0 Å². The van der Waals surface area contributed by atoms with Crippen LogP contribution < -0.4 is 0 Å². The van der Waals surface area contributed by atoms with Gasteiger partial charge in [-0.1, -0.05) is 6.07 Å². The lowest BCUT2D eigenvalue weighted by molar-refractivity contribution is -0.138. The average molecular weight is 257 g/mol. The summed E-state index contributed by atoms with van der Waals surface area (Å²) in [6, 6.07) is 1.95. The lowest BCUT2D eigenvalue weighted by Gasteiger charge is -2.10. The summed E-state index contributed by atoms with van der Waals surface area (Å²) in [5.41, 5.74) is -0.810. The first-order valence-electron chi connectivity index (χ1n) is 3.36. The predicted octanol–water partition coefficient (Wildman–Crippen LogP) is 3.92. The van der Waals surface area contributed by atoms with Gasteiger partial charge in [0, 0.05) is 0 Å². The SMILES string of the molecule is Cc1ccc(C(F)(F)F)c(Br)c1F. The predicted molar refractivity (Wildman–Crippen MR) is 43.8 cm³/mol. The molecule has 0 amide bonds. The summed E-state index contributed by atoms with van der Waals surface area (Å²) in [5, 5.41) is 0. The summed E-state index contributed by atoms with van der Waals surface area (Å²) in [4.78, 5) is 0. The molecule has 1 aromatic rings. The first-order chi connectivity index (χ1) is 5.84. The third-order valence-corrected chi connectivity index (χ3v) is 2.36. The summed E-state index contributed by atoms with van der Waals surface area (Å²) >= 11 is 2.57. The third-order valence-electron chi connectivity index (χ3n) is 1.58. The second-order valence-corrected chi connectivity index (χ2v) is 3.35. The van der Waals surface area contributed by atoms with Gasteiger partial charge < -0.3 is 0 Å². The Morgan fingerprint density at radius 1 is 1.23 bits per heavy atom. The fourth-order valence-corrected chi connectivity index (χ4v) is 1.53. The van der Waals surface area contributed by atoms with Crippen molar-refractivity contribution in [3.05, 3.63) is 33.5 Å². The van der Waals surface area contributed by atoms with E-state index in [0.717, 1.165) is 12.1 Å². The van der Waals surface area contributed by atoms with Crippen LogP contribution in [-0.4, -0.2) is 0 Å². The van der Waals surface area contributed by atoms with Crippen LogP contribution in [0.15, 0.2) is 16.6 Å². The maximum absolute atomic E-state index is 13.0. The van der Waals surface area contributed by atoms with Gasteiger partial charge in [-0.25, -0.2) is 4.39 Å². The molecule has 1 rings (SSSR count). The molecule has 0 aliphatic carbocycles. The third kappa shape index (κ3) is 2.02. The topological polar surface area (TPSA) is 0 Å². The van der Waals surface area contributed by atoms with Crippen molar-refractivity contribution in [2.75, 3.05) is 0 Å². The number of halogens is 5. The van der Waals surface area contributed by atoms with Gasteiger partial charge in [-0.15, -0.1) is 0 Å². The van der Waals surface area contributed by atoms with Crippen molar-refractivity contribution in [3.63, 3.8) is 0 Å². The van der Waals surface area contributed by atoms with Crippen LogP contribution in [0, 0.1) is 12.7 Å². The first-order valence-corrected chi connectivity index (χ1v) is 4.15. The van der Waals surface area contributed by atoms with E-state index < -0.39 is 22.0 Å². The second-order valence-electron chi connectivity index (χ2n) is 2.56. The molecule has 5 heteroatoms. The molecule has 1 aromatic carbocycles. The van der Waals surface area contributed by atoms with E-state index in [9.17, 15) is 17.6 Å². The standard InChI is InChI=1S/C8H5BrF4/c1-4-2-3-5(8(11,12)13)6(9)7(4)10/h2-3H,1H3. The molecule has 0 spiro atoms. The molecular weight excluding hydrogens is 252 g/mol. The zero-order valence-electron chi connectivity index (χ0n) is 6.54. The number of alkyl halides is 3.